The first-order chi connectivity index (χ1) is 10.8. The summed E-state index contributed by atoms with van der Waals surface area (Å²) in [5.41, 5.74) is 0.538. The van der Waals surface area contributed by atoms with Crippen LogP contribution in [-0.2, 0) is 14.2 Å². The number of carbonyl (C=O) groups is 1. The highest BCUT2D eigenvalue weighted by atomic mass is 16.7. The molecular weight excluding hydrogens is 284 g/mol. The lowest BCUT2D eigenvalue weighted by Gasteiger charge is -2.35. The second kappa shape index (κ2) is 7.07. The van der Waals surface area contributed by atoms with E-state index >= 15 is 0 Å². The molecule has 0 aliphatic carbocycles. The third-order valence-corrected chi connectivity index (χ3v) is 4.15. The minimum Gasteiger partial charge on any atom is -0.462 e. The van der Waals surface area contributed by atoms with E-state index in [-0.39, 0.29) is 12.3 Å². The number of carbonyl (C=O) groups excluding carboxylic acids is 1. The third kappa shape index (κ3) is 3.23. The van der Waals surface area contributed by atoms with Gasteiger partial charge in [0, 0.05) is 25.2 Å². The van der Waals surface area contributed by atoms with Crippen molar-refractivity contribution in [1.82, 2.24) is 4.98 Å². The van der Waals surface area contributed by atoms with Gasteiger partial charge in [-0.3, -0.25) is 0 Å². The highest BCUT2D eigenvalue weighted by Gasteiger charge is 2.31. The van der Waals surface area contributed by atoms with E-state index in [1.807, 2.05) is 0 Å². The molecule has 0 radical (unpaired) electrons. The highest BCUT2D eigenvalue weighted by molar-refractivity contribution is 5.94. The summed E-state index contributed by atoms with van der Waals surface area (Å²) in [7, 11) is 0. The number of rotatable bonds is 4. The molecular formula is C16H22N2O4. The fraction of sp³-hybridized carbons (Fsp3) is 0.625. The molecule has 3 heterocycles. The third-order valence-electron chi connectivity index (χ3n) is 4.15. The van der Waals surface area contributed by atoms with E-state index in [4.69, 9.17) is 14.2 Å². The zero-order valence-corrected chi connectivity index (χ0v) is 12.9. The number of piperidine rings is 1. The Kier molecular flexibility index (Phi) is 4.90. The van der Waals surface area contributed by atoms with Crippen molar-refractivity contribution in [2.24, 2.45) is 5.92 Å². The fourth-order valence-electron chi connectivity index (χ4n) is 3.05. The molecule has 2 saturated heterocycles. The monoisotopic (exact) mass is 306 g/mol. The molecule has 0 amide bonds. The lowest BCUT2D eigenvalue weighted by molar-refractivity contribution is -0.0889. The molecule has 2 fully saturated rings. The molecule has 1 aromatic heterocycles. The smallest absolute Gasteiger partial charge is 0.341 e. The van der Waals surface area contributed by atoms with E-state index in [9.17, 15) is 4.79 Å². The summed E-state index contributed by atoms with van der Waals surface area (Å²) in [6.45, 7) is 5.25. The largest absolute Gasteiger partial charge is 0.462 e. The molecule has 0 N–H and O–H groups in total. The number of ether oxygens (including phenoxy) is 3. The van der Waals surface area contributed by atoms with E-state index < -0.39 is 0 Å². The molecule has 120 valence electrons. The van der Waals surface area contributed by atoms with Crippen molar-refractivity contribution in [3.63, 3.8) is 0 Å². The summed E-state index contributed by atoms with van der Waals surface area (Å²) in [5, 5.41) is 0. The van der Waals surface area contributed by atoms with Gasteiger partial charge in [-0.25, -0.2) is 9.78 Å². The van der Waals surface area contributed by atoms with Crippen LogP contribution in [0.1, 0.15) is 30.1 Å². The molecule has 0 saturated carbocycles. The zero-order chi connectivity index (χ0) is 15.4. The summed E-state index contributed by atoms with van der Waals surface area (Å²) in [6, 6.07) is 3.54. The van der Waals surface area contributed by atoms with E-state index in [0.717, 1.165) is 25.9 Å². The Morgan fingerprint density at radius 2 is 2.09 bits per heavy atom. The molecule has 6 nitrogen and oxygen atoms in total. The highest BCUT2D eigenvalue weighted by Crippen LogP contribution is 2.29. The molecule has 22 heavy (non-hydrogen) atoms. The summed E-state index contributed by atoms with van der Waals surface area (Å²) in [4.78, 5) is 18.6. The number of aromatic nitrogens is 1. The van der Waals surface area contributed by atoms with E-state index in [1.165, 1.54) is 0 Å². The number of hydrogen-bond acceptors (Lipinski definition) is 6. The second-order valence-corrected chi connectivity index (χ2v) is 5.53. The van der Waals surface area contributed by atoms with Crippen LogP contribution in [0.25, 0.3) is 0 Å². The quantitative estimate of drug-likeness (QED) is 0.791. The van der Waals surface area contributed by atoms with Gasteiger partial charge in [0.2, 0.25) is 0 Å². The summed E-state index contributed by atoms with van der Waals surface area (Å²) < 4.78 is 16.3. The minimum atomic E-state index is -0.310. The Morgan fingerprint density at radius 1 is 1.36 bits per heavy atom. The molecule has 0 atom stereocenters. The Balaban J connectivity index is 1.67. The number of hydrogen-bond donors (Lipinski definition) is 0. The van der Waals surface area contributed by atoms with Crippen molar-refractivity contribution < 1.29 is 19.0 Å². The van der Waals surface area contributed by atoms with Crippen molar-refractivity contribution in [2.45, 2.75) is 26.1 Å². The maximum Gasteiger partial charge on any atom is 0.341 e. The van der Waals surface area contributed by atoms with Gasteiger partial charge in [0.15, 0.2) is 6.29 Å². The summed E-state index contributed by atoms with van der Waals surface area (Å²) in [6.07, 6.45) is 3.61. The van der Waals surface area contributed by atoms with E-state index in [2.05, 4.69) is 9.88 Å². The number of nitrogens with zero attached hydrogens (tertiary/aromatic N) is 2. The predicted octanol–water partition coefficient (Wildman–Crippen LogP) is 1.85. The average molecular weight is 306 g/mol. The zero-order valence-electron chi connectivity index (χ0n) is 12.9. The summed E-state index contributed by atoms with van der Waals surface area (Å²) in [5.74, 6) is 0.830. The van der Waals surface area contributed by atoms with Crippen LogP contribution in [0.4, 0.5) is 5.82 Å². The molecule has 0 spiro atoms. The SMILES string of the molecule is CCOC(=O)c1cccnc1N1CCC(C2OCCO2)CC1. The molecule has 2 aliphatic rings. The number of pyridine rings is 1. The van der Waals surface area contributed by atoms with Crippen LogP contribution < -0.4 is 4.90 Å². The normalized spacial score (nSPS) is 20.3. The van der Waals surface area contributed by atoms with Gasteiger partial charge in [0.25, 0.3) is 0 Å². The van der Waals surface area contributed by atoms with Gasteiger partial charge >= 0.3 is 5.97 Å². The first-order valence-corrected chi connectivity index (χ1v) is 7.90. The van der Waals surface area contributed by atoms with Crippen LogP contribution in [0.5, 0.6) is 0 Å². The van der Waals surface area contributed by atoms with Crippen molar-refractivity contribution in [1.29, 1.82) is 0 Å². The fourth-order valence-corrected chi connectivity index (χ4v) is 3.05. The minimum absolute atomic E-state index is 0.0598. The Labute approximate surface area is 130 Å². The molecule has 3 rings (SSSR count). The van der Waals surface area contributed by atoms with Crippen LogP contribution in [0.15, 0.2) is 18.3 Å². The van der Waals surface area contributed by atoms with Gasteiger partial charge in [0.1, 0.15) is 11.4 Å². The number of anilines is 1. The van der Waals surface area contributed by atoms with Gasteiger partial charge in [-0.1, -0.05) is 0 Å². The van der Waals surface area contributed by atoms with E-state index in [0.29, 0.717) is 37.1 Å². The topological polar surface area (TPSA) is 60.9 Å². The van der Waals surface area contributed by atoms with Crippen LogP contribution in [0, 0.1) is 5.92 Å². The van der Waals surface area contributed by atoms with Crippen molar-refractivity contribution in [2.75, 3.05) is 37.8 Å². The predicted molar refractivity (Wildman–Crippen MR) is 80.8 cm³/mol. The molecule has 0 aromatic carbocycles. The Bertz CT molecular complexity index is 509. The first kappa shape index (κ1) is 15.2. The Hall–Kier alpha value is -1.66. The summed E-state index contributed by atoms with van der Waals surface area (Å²) >= 11 is 0. The molecule has 6 heteroatoms. The standard InChI is InChI=1S/C16H22N2O4/c1-2-20-15(19)13-4-3-7-17-14(13)18-8-5-12(6-9-18)16-21-10-11-22-16/h3-4,7,12,16H,2,5-6,8-11H2,1H3. The molecule has 1 aromatic rings. The maximum absolute atomic E-state index is 12.1. The van der Waals surface area contributed by atoms with Crippen molar-refractivity contribution in [3.8, 4) is 0 Å². The van der Waals surface area contributed by atoms with E-state index in [1.54, 1.807) is 25.3 Å². The van der Waals surface area contributed by atoms with Gasteiger partial charge in [-0.15, -0.1) is 0 Å². The molecule has 2 aliphatic heterocycles. The van der Waals surface area contributed by atoms with Gasteiger partial charge in [-0.05, 0) is 31.9 Å². The van der Waals surface area contributed by atoms with Gasteiger partial charge in [-0.2, -0.15) is 0 Å². The van der Waals surface area contributed by atoms with Crippen LogP contribution >= 0.6 is 0 Å². The van der Waals surface area contributed by atoms with Crippen molar-refractivity contribution in [3.05, 3.63) is 23.9 Å². The lowest BCUT2D eigenvalue weighted by atomic mass is 9.96. The van der Waals surface area contributed by atoms with Crippen LogP contribution in [0.2, 0.25) is 0 Å². The van der Waals surface area contributed by atoms with Gasteiger partial charge in [0.05, 0.1) is 19.8 Å². The molecule has 0 unspecified atom stereocenters. The van der Waals surface area contributed by atoms with Crippen LogP contribution in [-0.4, -0.2) is 50.2 Å². The van der Waals surface area contributed by atoms with Gasteiger partial charge < -0.3 is 19.1 Å². The van der Waals surface area contributed by atoms with Crippen LogP contribution in [0.3, 0.4) is 0 Å². The van der Waals surface area contributed by atoms with Crippen molar-refractivity contribution >= 4 is 11.8 Å². The average Bonchev–Trinajstić information content (AvgIpc) is 3.10. The second-order valence-electron chi connectivity index (χ2n) is 5.53. The Morgan fingerprint density at radius 3 is 2.77 bits per heavy atom. The number of esters is 1. The lowest BCUT2D eigenvalue weighted by Crippen LogP contribution is -2.39. The molecule has 0 bridgehead atoms. The first-order valence-electron chi connectivity index (χ1n) is 7.90. The maximum atomic E-state index is 12.1.